The zero-order valence-electron chi connectivity index (χ0n) is 16.7. The minimum absolute atomic E-state index is 0.00797. The summed E-state index contributed by atoms with van der Waals surface area (Å²) in [4.78, 5) is 47.4. The number of hydrogen-bond donors (Lipinski definition) is 6. The number of nitrogens with zero attached hydrogens (tertiary/aromatic N) is 5. The maximum atomic E-state index is 12.2. The Morgan fingerprint density at radius 2 is 2.09 bits per heavy atom. The molecule has 0 bridgehead atoms. The molecule has 172 valence electrons. The summed E-state index contributed by atoms with van der Waals surface area (Å²) in [6.07, 6.45) is -2.99. The largest absolute Gasteiger partial charge is 0.480 e. The van der Waals surface area contributed by atoms with Crippen LogP contribution in [0, 0.1) is 6.92 Å². The van der Waals surface area contributed by atoms with Gasteiger partial charge < -0.3 is 36.2 Å². The number of nitrogen functional groups attached to an aromatic ring is 1. The van der Waals surface area contributed by atoms with Crippen molar-refractivity contribution in [2.24, 2.45) is 0 Å². The van der Waals surface area contributed by atoms with Crippen LogP contribution in [0.25, 0.3) is 0 Å². The summed E-state index contributed by atoms with van der Waals surface area (Å²) in [5.74, 6) is -1.55. The number of aliphatic carboxylic acids is 1. The number of aromatic nitrogens is 4. The second kappa shape index (κ2) is 9.23. The molecule has 1 fully saturated rings. The maximum absolute atomic E-state index is 12.2. The number of carboxylic acids is 1. The molecule has 0 aromatic carbocycles. The summed E-state index contributed by atoms with van der Waals surface area (Å²) in [5, 5.41) is 41.2. The number of nitrogens with two attached hydrogens (primary N) is 1. The lowest BCUT2D eigenvalue weighted by molar-refractivity contribution is -0.137. The highest BCUT2D eigenvalue weighted by Crippen LogP contribution is 2.34. The molecule has 1 amide bonds. The molecule has 3 heterocycles. The summed E-state index contributed by atoms with van der Waals surface area (Å²) in [7, 11) is 0. The minimum atomic E-state index is -1.57. The SMILES string of the molecule is Cc1cn(CC(=O)O)c(=O)nc1Nc1c(N)ncnc1N(C=O)[C@@H]1O[C@H](CO)[C@@H](O)[C@H]1O. The Hall–Kier alpha value is -3.66. The van der Waals surface area contributed by atoms with E-state index < -0.39 is 49.4 Å². The molecule has 0 spiro atoms. The third kappa shape index (κ3) is 4.35. The minimum Gasteiger partial charge on any atom is -0.480 e. The van der Waals surface area contributed by atoms with Gasteiger partial charge in [-0.3, -0.25) is 19.1 Å². The molecule has 15 heteroatoms. The highest BCUT2D eigenvalue weighted by Gasteiger charge is 2.46. The van der Waals surface area contributed by atoms with E-state index in [1.54, 1.807) is 6.92 Å². The number of hydrogen-bond acceptors (Lipinski definition) is 12. The predicted octanol–water partition coefficient (Wildman–Crippen LogP) is -2.85. The van der Waals surface area contributed by atoms with Gasteiger partial charge in [0.05, 0.1) is 6.61 Å². The van der Waals surface area contributed by atoms with Crippen LogP contribution in [0.5, 0.6) is 0 Å². The Bertz CT molecular complexity index is 1080. The molecule has 2 aromatic rings. The Labute approximate surface area is 179 Å². The Morgan fingerprint density at radius 1 is 1.38 bits per heavy atom. The van der Waals surface area contributed by atoms with Crippen molar-refractivity contribution in [2.45, 2.75) is 38.0 Å². The summed E-state index contributed by atoms with van der Waals surface area (Å²) in [6, 6.07) is 0. The first-order chi connectivity index (χ1) is 15.2. The van der Waals surface area contributed by atoms with Crippen LogP contribution in [0.15, 0.2) is 17.3 Å². The fourth-order valence-electron chi connectivity index (χ4n) is 3.15. The Kier molecular flexibility index (Phi) is 6.64. The quantitative estimate of drug-likeness (QED) is 0.222. The van der Waals surface area contributed by atoms with E-state index in [4.69, 9.17) is 15.6 Å². The van der Waals surface area contributed by atoms with E-state index in [0.717, 1.165) is 15.8 Å². The van der Waals surface area contributed by atoms with Gasteiger partial charge in [-0.2, -0.15) is 4.98 Å². The first-order valence-corrected chi connectivity index (χ1v) is 9.21. The van der Waals surface area contributed by atoms with Crippen molar-refractivity contribution in [1.29, 1.82) is 0 Å². The number of aliphatic hydroxyl groups excluding tert-OH is 3. The lowest BCUT2D eigenvalue weighted by Gasteiger charge is -2.27. The van der Waals surface area contributed by atoms with E-state index in [0.29, 0.717) is 5.56 Å². The van der Waals surface area contributed by atoms with E-state index in [-0.39, 0.29) is 29.6 Å². The molecule has 2 aromatic heterocycles. The molecule has 1 aliphatic heterocycles. The molecule has 4 atom stereocenters. The smallest absolute Gasteiger partial charge is 0.350 e. The van der Waals surface area contributed by atoms with Gasteiger partial charge in [0.1, 0.15) is 42.7 Å². The van der Waals surface area contributed by atoms with Crippen molar-refractivity contribution in [3.8, 4) is 0 Å². The van der Waals surface area contributed by atoms with E-state index in [1.165, 1.54) is 6.20 Å². The van der Waals surface area contributed by atoms with Crippen molar-refractivity contribution < 1.29 is 34.8 Å². The normalized spacial score (nSPS) is 22.5. The first-order valence-electron chi connectivity index (χ1n) is 9.21. The standard InChI is InChI=1S/C17H21N7O8/c1-7-2-23(3-9(27)28)17(31)22-14(7)21-10-13(18)19-5-20-15(10)24(6-26)16-12(30)11(29)8(4-25)32-16/h2,5-6,8,11-12,16,25,29-30H,3-4H2,1H3,(H,27,28)(H2,18,19,20)(H,21,22,31)/t8-,11-,12-,16-/m1/s1. The van der Waals surface area contributed by atoms with Crippen LogP contribution in [0.2, 0.25) is 0 Å². The zero-order valence-corrected chi connectivity index (χ0v) is 16.7. The molecular formula is C17H21N7O8. The number of aliphatic hydroxyl groups is 3. The van der Waals surface area contributed by atoms with E-state index in [1.807, 2.05) is 0 Å². The van der Waals surface area contributed by atoms with Crippen molar-refractivity contribution in [2.75, 3.05) is 22.6 Å². The number of nitrogens with one attached hydrogen (secondary N) is 1. The molecule has 1 aliphatic rings. The van der Waals surface area contributed by atoms with Gasteiger partial charge >= 0.3 is 11.7 Å². The zero-order chi connectivity index (χ0) is 23.6. The van der Waals surface area contributed by atoms with Crippen LogP contribution >= 0.6 is 0 Å². The van der Waals surface area contributed by atoms with E-state index in [9.17, 15) is 29.7 Å². The fraction of sp³-hybridized carbons (Fsp3) is 0.412. The molecular weight excluding hydrogens is 430 g/mol. The van der Waals surface area contributed by atoms with Crippen LogP contribution < -0.4 is 21.6 Å². The van der Waals surface area contributed by atoms with Gasteiger partial charge in [0, 0.05) is 11.8 Å². The predicted molar refractivity (Wildman–Crippen MR) is 107 cm³/mol. The fourth-order valence-corrected chi connectivity index (χ4v) is 3.15. The molecule has 32 heavy (non-hydrogen) atoms. The van der Waals surface area contributed by atoms with Gasteiger partial charge in [0.15, 0.2) is 17.9 Å². The topological polar surface area (TPSA) is 226 Å². The third-order valence-corrected chi connectivity index (χ3v) is 4.73. The van der Waals surface area contributed by atoms with Gasteiger partial charge in [-0.15, -0.1) is 0 Å². The molecule has 3 rings (SSSR count). The number of amides is 1. The number of aryl methyl sites for hydroxylation is 1. The maximum Gasteiger partial charge on any atom is 0.350 e. The molecule has 15 nitrogen and oxygen atoms in total. The molecule has 0 saturated carbocycles. The number of carbonyl (C=O) groups excluding carboxylic acids is 1. The van der Waals surface area contributed by atoms with Crippen LogP contribution in [-0.2, 0) is 20.9 Å². The Morgan fingerprint density at radius 3 is 2.69 bits per heavy atom. The summed E-state index contributed by atoms with van der Waals surface area (Å²) in [5.41, 5.74) is 5.37. The average Bonchev–Trinajstić information content (AvgIpc) is 3.02. The van der Waals surface area contributed by atoms with Crippen LogP contribution in [0.4, 0.5) is 23.1 Å². The van der Waals surface area contributed by atoms with Gasteiger partial charge in [0.25, 0.3) is 0 Å². The summed E-state index contributed by atoms with van der Waals surface area (Å²) in [6.45, 7) is 0.365. The van der Waals surface area contributed by atoms with Gasteiger partial charge in [-0.1, -0.05) is 0 Å². The van der Waals surface area contributed by atoms with Gasteiger partial charge in [-0.25, -0.2) is 14.8 Å². The lowest BCUT2D eigenvalue weighted by Crippen LogP contribution is -2.44. The molecule has 7 N–H and O–H groups in total. The Balaban J connectivity index is 2.00. The van der Waals surface area contributed by atoms with Crippen LogP contribution in [0.1, 0.15) is 5.56 Å². The number of carbonyl (C=O) groups is 2. The lowest BCUT2D eigenvalue weighted by atomic mass is 10.1. The third-order valence-electron chi connectivity index (χ3n) is 4.73. The van der Waals surface area contributed by atoms with Crippen molar-refractivity contribution >= 4 is 35.5 Å². The highest BCUT2D eigenvalue weighted by atomic mass is 16.6. The average molecular weight is 451 g/mol. The van der Waals surface area contributed by atoms with E-state index >= 15 is 0 Å². The van der Waals surface area contributed by atoms with Gasteiger partial charge in [-0.05, 0) is 6.92 Å². The first kappa shape index (κ1) is 23.0. The number of carboxylic acid groups (broad SMARTS) is 1. The number of ether oxygens (including phenoxy) is 1. The molecule has 0 unspecified atom stereocenters. The summed E-state index contributed by atoms with van der Waals surface area (Å²) < 4.78 is 6.27. The van der Waals surface area contributed by atoms with Crippen molar-refractivity contribution in [1.82, 2.24) is 19.5 Å². The van der Waals surface area contributed by atoms with Gasteiger partial charge in [0.2, 0.25) is 6.41 Å². The molecule has 0 aliphatic carbocycles. The highest BCUT2D eigenvalue weighted by molar-refractivity contribution is 5.88. The molecule has 1 saturated heterocycles. The van der Waals surface area contributed by atoms with Crippen LogP contribution in [0.3, 0.4) is 0 Å². The van der Waals surface area contributed by atoms with Crippen molar-refractivity contribution in [3.63, 3.8) is 0 Å². The van der Waals surface area contributed by atoms with E-state index in [2.05, 4.69) is 20.3 Å². The second-order valence-electron chi connectivity index (χ2n) is 6.90. The monoisotopic (exact) mass is 451 g/mol. The van der Waals surface area contributed by atoms with Crippen LogP contribution in [-0.4, -0.2) is 83.5 Å². The number of rotatable bonds is 8. The van der Waals surface area contributed by atoms with Crippen molar-refractivity contribution in [3.05, 3.63) is 28.6 Å². The number of anilines is 4. The second-order valence-corrected chi connectivity index (χ2v) is 6.90. The molecule has 0 radical (unpaired) electrons. The summed E-state index contributed by atoms with van der Waals surface area (Å²) >= 11 is 0.